The zero-order valence-corrected chi connectivity index (χ0v) is 22.9. The number of hydrogen-bond donors (Lipinski definition) is 4. The van der Waals surface area contributed by atoms with Crippen molar-refractivity contribution in [2.45, 2.75) is 25.2 Å². The van der Waals surface area contributed by atoms with E-state index in [4.69, 9.17) is 34.5 Å². The van der Waals surface area contributed by atoms with E-state index in [0.29, 0.717) is 34.9 Å². The van der Waals surface area contributed by atoms with Crippen LogP contribution in [-0.2, 0) is 25.5 Å². The van der Waals surface area contributed by atoms with Gasteiger partial charge in [-0.1, -0.05) is 30.3 Å². The summed E-state index contributed by atoms with van der Waals surface area (Å²) in [5.41, 5.74) is 9.13. The summed E-state index contributed by atoms with van der Waals surface area (Å²) < 4.78 is 28.0. The molecule has 0 spiro atoms. The van der Waals surface area contributed by atoms with Gasteiger partial charge >= 0.3 is 0 Å². The van der Waals surface area contributed by atoms with E-state index in [9.17, 15) is 9.59 Å². The fraction of sp³-hybridized carbons (Fsp3) is 0.290. The molecule has 0 fully saturated rings. The Kier molecular flexibility index (Phi) is 9.55. The fourth-order valence-electron chi connectivity index (χ4n) is 4.55. The highest BCUT2D eigenvalue weighted by molar-refractivity contribution is 6.05. The van der Waals surface area contributed by atoms with Gasteiger partial charge in [0.25, 0.3) is 11.8 Å². The van der Waals surface area contributed by atoms with Crippen LogP contribution in [0.25, 0.3) is 0 Å². The number of carbonyl (C=O) groups is 2. The Hall–Kier alpha value is -4.58. The zero-order valence-electron chi connectivity index (χ0n) is 22.9. The molecule has 0 aliphatic carbocycles. The van der Waals surface area contributed by atoms with Crippen LogP contribution in [-0.4, -0.2) is 56.4 Å². The maximum absolute atomic E-state index is 13.2. The number of nitrogens with two attached hydrogens (primary N) is 1. The molecule has 0 aromatic heterocycles. The van der Waals surface area contributed by atoms with Gasteiger partial charge in [0.2, 0.25) is 13.1 Å². The average molecular weight is 576 g/mol. The summed E-state index contributed by atoms with van der Waals surface area (Å²) in [6.07, 6.45) is 1.58. The van der Waals surface area contributed by atoms with E-state index in [2.05, 4.69) is 10.6 Å². The molecule has 2 aliphatic heterocycles. The van der Waals surface area contributed by atoms with Crippen molar-refractivity contribution in [3.05, 3.63) is 95.3 Å². The van der Waals surface area contributed by atoms with Gasteiger partial charge in [-0.05, 0) is 53.6 Å². The van der Waals surface area contributed by atoms with Gasteiger partial charge in [0.15, 0.2) is 17.3 Å². The van der Waals surface area contributed by atoms with E-state index < -0.39 is 12.2 Å². The van der Waals surface area contributed by atoms with Crippen molar-refractivity contribution in [2.24, 2.45) is 0 Å². The van der Waals surface area contributed by atoms with Crippen molar-refractivity contribution in [3.8, 4) is 11.5 Å². The van der Waals surface area contributed by atoms with Gasteiger partial charge in [-0.15, -0.1) is 0 Å². The molecule has 0 saturated carbocycles. The third kappa shape index (κ3) is 7.38. The monoisotopic (exact) mass is 575 g/mol. The maximum Gasteiger partial charge on any atom is 0.286 e. The minimum Gasteiger partial charge on any atom is -0.459 e. The molecule has 0 radical (unpaired) electrons. The van der Waals surface area contributed by atoms with Crippen LogP contribution in [0.4, 0.5) is 11.4 Å². The molecule has 11 nitrogen and oxygen atoms in total. The topological polar surface area (TPSA) is 151 Å². The van der Waals surface area contributed by atoms with Crippen LogP contribution in [0.1, 0.15) is 33.8 Å². The third-order valence-electron chi connectivity index (χ3n) is 6.75. The van der Waals surface area contributed by atoms with Crippen LogP contribution in [0.5, 0.6) is 11.5 Å². The summed E-state index contributed by atoms with van der Waals surface area (Å²) in [6.45, 7) is 1.07. The van der Waals surface area contributed by atoms with Crippen LogP contribution in [0.15, 0.2) is 78.6 Å². The lowest BCUT2D eigenvalue weighted by atomic mass is 9.92. The predicted molar refractivity (Wildman–Crippen MR) is 154 cm³/mol. The Balaban J connectivity index is 1.21. The molecule has 2 heterocycles. The minimum absolute atomic E-state index is 0.0715. The Morgan fingerprint density at radius 1 is 0.952 bits per heavy atom. The normalized spacial score (nSPS) is 17.2. The van der Waals surface area contributed by atoms with Crippen LogP contribution in [0, 0.1) is 0 Å². The second-order valence-electron chi connectivity index (χ2n) is 9.66. The van der Waals surface area contributed by atoms with Gasteiger partial charge in [0.05, 0.1) is 37.8 Å². The lowest BCUT2D eigenvalue weighted by Crippen LogP contribution is -2.33. The maximum atomic E-state index is 13.2. The highest BCUT2D eigenvalue weighted by Gasteiger charge is 2.30. The van der Waals surface area contributed by atoms with Crippen LogP contribution in [0.2, 0.25) is 0 Å². The molecule has 3 aromatic rings. The molecule has 42 heavy (non-hydrogen) atoms. The second kappa shape index (κ2) is 13.9. The number of para-hydroxylation sites is 2. The van der Waals surface area contributed by atoms with Crippen molar-refractivity contribution in [3.63, 3.8) is 0 Å². The van der Waals surface area contributed by atoms with Crippen molar-refractivity contribution >= 4 is 23.2 Å². The van der Waals surface area contributed by atoms with E-state index in [1.807, 2.05) is 18.2 Å². The first kappa shape index (κ1) is 28.9. The minimum atomic E-state index is -0.680. The number of allylic oxidation sites excluding steroid dienone is 1. The van der Waals surface area contributed by atoms with E-state index >= 15 is 0 Å². The summed E-state index contributed by atoms with van der Waals surface area (Å²) >= 11 is 0. The summed E-state index contributed by atoms with van der Waals surface area (Å²) in [6, 6.07) is 19.6. The molecule has 0 unspecified atom stereocenters. The number of carbonyl (C=O) groups excluding carboxylic acids is 2. The molecule has 2 amide bonds. The summed E-state index contributed by atoms with van der Waals surface area (Å²) in [5.74, 6) is 0.612. The van der Waals surface area contributed by atoms with Crippen LogP contribution >= 0.6 is 0 Å². The van der Waals surface area contributed by atoms with E-state index in [0.717, 1.165) is 11.1 Å². The number of amides is 2. The lowest BCUT2D eigenvalue weighted by molar-refractivity contribution is -0.151. The first-order valence-corrected chi connectivity index (χ1v) is 13.6. The average Bonchev–Trinajstić information content (AvgIpc) is 3.49. The number of hydrogen-bond acceptors (Lipinski definition) is 9. The summed E-state index contributed by atoms with van der Waals surface area (Å²) in [7, 11) is 0. The van der Waals surface area contributed by atoms with Crippen molar-refractivity contribution in [2.75, 3.05) is 44.3 Å². The van der Waals surface area contributed by atoms with Gasteiger partial charge in [-0.2, -0.15) is 0 Å². The standard InChI is InChI=1S/C31H33N3O8/c32-24-3-1-2-4-25(24)34-30(36)21-7-5-20(6-8-21)18-33-31(37)28-16-23(17-29(42-28)39-14-13-38-12-11-35)22-9-10-26-27(15-22)41-19-40-26/h1-10,15-16,23,29,35H,11-14,17-19,32H2,(H,33,37)(H,34,36)/t23-,29+/m0/s1. The molecular weight excluding hydrogens is 542 g/mol. The molecule has 0 bridgehead atoms. The number of rotatable bonds is 12. The molecule has 2 atom stereocenters. The number of nitrogens with one attached hydrogen (secondary N) is 2. The second-order valence-corrected chi connectivity index (χ2v) is 9.66. The van der Waals surface area contributed by atoms with Crippen LogP contribution in [0.3, 0.4) is 0 Å². The Morgan fingerprint density at radius 3 is 2.57 bits per heavy atom. The molecule has 3 aromatic carbocycles. The third-order valence-corrected chi connectivity index (χ3v) is 6.75. The summed E-state index contributed by atoms with van der Waals surface area (Å²) in [4.78, 5) is 25.8. The number of aliphatic hydroxyl groups excluding tert-OH is 1. The highest BCUT2D eigenvalue weighted by atomic mass is 16.7. The molecule has 2 aliphatic rings. The Morgan fingerprint density at radius 2 is 1.76 bits per heavy atom. The Labute approximate surface area is 243 Å². The van der Waals surface area contributed by atoms with Crippen molar-refractivity contribution < 1.29 is 38.4 Å². The Bertz CT molecular complexity index is 1430. The summed E-state index contributed by atoms with van der Waals surface area (Å²) in [5, 5.41) is 14.6. The first-order chi connectivity index (χ1) is 20.5. The zero-order chi connectivity index (χ0) is 29.3. The van der Waals surface area contributed by atoms with Crippen molar-refractivity contribution in [1.29, 1.82) is 0 Å². The van der Waals surface area contributed by atoms with Crippen molar-refractivity contribution in [1.82, 2.24) is 5.32 Å². The number of fused-ring (bicyclic) bond motifs is 1. The number of anilines is 2. The van der Waals surface area contributed by atoms with Gasteiger partial charge in [-0.25, -0.2) is 0 Å². The van der Waals surface area contributed by atoms with E-state index in [-0.39, 0.29) is 57.3 Å². The number of nitrogen functional groups attached to an aromatic ring is 1. The SMILES string of the molecule is Nc1ccccc1NC(=O)c1ccc(CNC(=O)C2=C[C@H](c3ccc4c(c3)OCO4)C[C@H](OCCOCCO)O2)cc1. The first-order valence-electron chi connectivity index (χ1n) is 13.6. The van der Waals surface area contributed by atoms with E-state index in [1.54, 1.807) is 54.6 Å². The van der Waals surface area contributed by atoms with Gasteiger partial charge in [0, 0.05) is 24.4 Å². The van der Waals surface area contributed by atoms with E-state index in [1.165, 1.54) is 0 Å². The van der Waals surface area contributed by atoms with Gasteiger partial charge in [0.1, 0.15) is 0 Å². The molecular formula is C31H33N3O8. The van der Waals surface area contributed by atoms with Crippen LogP contribution < -0.4 is 25.8 Å². The number of ether oxygens (including phenoxy) is 5. The molecule has 0 saturated heterocycles. The van der Waals surface area contributed by atoms with Gasteiger partial charge < -0.3 is 45.2 Å². The predicted octanol–water partition coefficient (Wildman–Crippen LogP) is 3.31. The molecule has 11 heteroatoms. The number of aliphatic hydroxyl groups is 1. The fourth-order valence-corrected chi connectivity index (χ4v) is 4.55. The highest BCUT2D eigenvalue weighted by Crippen LogP contribution is 2.38. The molecule has 5 rings (SSSR count). The largest absolute Gasteiger partial charge is 0.459 e. The lowest BCUT2D eigenvalue weighted by Gasteiger charge is -2.29. The van der Waals surface area contributed by atoms with Gasteiger partial charge in [-0.3, -0.25) is 9.59 Å². The molecule has 220 valence electrons. The number of benzene rings is 3. The quantitative estimate of drug-likeness (QED) is 0.188. The smallest absolute Gasteiger partial charge is 0.286 e. The molecule has 5 N–H and O–H groups in total.